The van der Waals surface area contributed by atoms with E-state index in [0.29, 0.717) is 13.0 Å². The van der Waals surface area contributed by atoms with Crippen LogP contribution in [-0.2, 0) is 19.6 Å². The van der Waals surface area contributed by atoms with Crippen LogP contribution < -0.4 is 20.3 Å². The summed E-state index contributed by atoms with van der Waals surface area (Å²) in [6, 6.07) is 13.7. The number of nitrogens with zero attached hydrogens (tertiary/aromatic N) is 1. The van der Waals surface area contributed by atoms with Crippen LogP contribution in [0.15, 0.2) is 53.4 Å². The van der Waals surface area contributed by atoms with E-state index in [1.807, 2.05) is 42.2 Å². The van der Waals surface area contributed by atoms with Gasteiger partial charge < -0.3 is 15.5 Å². The van der Waals surface area contributed by atoms with Crippen molar-refractivity contribution >= 4 is 33.2 Å². The number of carbonyl (C=O) groups excluding carboxylic acids is 2. The van der Waals surface area contributed by atoms with Crippen LogP contribution >= 0.6 is 0 Å². The Morgan fingerprint density at radius 1 is 1.20 bits per heavy atom. The van der Waals surface area contributed by atoms with Gasteiger partial charge in [0.1, 0.15) is 6.04 Å². The van der Waals surface area contributed by atoms with E-state index in [1.165, 1.54) is 6.07 Å². The fourth-order valence-electron chi connectivity index (χ4n) is 3.97. The van der Waals surface area contributed by atoms with Crippen molar-refractivity contribution in [2.24, 2.45) is 0 Å². The molecule has 2 aromatic carbocycles. The fourth-order valence-corrected chi connectivity index (χ4v) is 5.10. The minimum Gasteiger partial charge on any atom is -0.356 e. The number of nitrogens with one attached hydrogen (secondary N) is 3. The number of amides is 2. The molecule has 2 aliphatic rings. The number of anilines is 2. The standard InChI is InChI=1S/C21H24N4O4S/c1-14-5-4-6-16(11-14)30(28,29)22-10-9-20(26)23-15-12-19-21(27)24-17-7-2-3-8-18(17)25(19)13-15/h2-8,11,15,19,22H,9-10,12-13H2,1H3,(H,23,26)(H,24,27). The van der Waals surface area contributed by atoms with Crippen LogP contribution in [0.1, 0.15) is 18.4 Å². The first-order valence-corrected chi connectivity index (χ1v) is 11.3. The molecule has 2 atom stereocenters. The first-order valence-electron chi connectivity index (χ1n) is 9.86. The molecule has 158 valence electrons. The highest BCUT2D eigenvalue weighted by Gasteiger charge is 2.41. The lowest BCUT2D eigenvalue weighted by molar-refractivity contribution is -0.122. The second-order valence-electron chi connectivity index (χ2n) is 7.64. The quantitative estimate of drug-likeness (QED) is 0.644. The molecule has 2 amide bonds. The number of sulfonamides is 1. The number of hydrogen-bond donors (Lipinski definition) is 3. The van der Waals surface area contributed by atoms with Crippen molar-refractivity contribution in [1.29, 1.82) is 0 Å². The van der Waals surface area contributed by atoms with Crippen LogP contribution in [0, 0.1) is 6.92 Å². The molecule has 2 unspecified atom stereocenters. The zero-order valence-electron chi connectivity index (χ0n) is 16.6. The maximum absolute atomic E-state index is 12.4. The van der Waals surface area contributed by atoms with Crippen molar-refractivity contribution in [2.75, 3.05) is 23.3 Å². The van der Waals surface area contributed by atoms with Crippen molar-refractivity contribution in [3.63, 3.8) is 0 Å². The third-order valence-corrected chi connectivity index (χ3v) is 6.84. The molecule has 0 spiro atoms. The maximum atomic E-state index is 12.4. The third-order valence-electron chi connectivity index (χ3n) is 5.38. The molecule has 3 N–H and O–H groups in total. The van der Waals surface area contributed by atoms with Gasteiger partial charge in [-0.1, -0.05) is 24.3 Å². The second-order valence-corrected chi connectivity index (χ2v) is 9.41. The van der Waals surface area contributed by atoms with E-state index in [4.69, 9.17) is 0 Å². The van der Waals surface area contributed by atoms with E-state index < -0.39 is 10.0 Å². The van der Waals surface area contributed by atoms with Crippen molar-refractivity contribution < 1.29 is 18.0 Å². The van der Waals surface area contributed by atoms with Crippen LogP contribution in [0.25, 0.3) is 0 Å². The van der Waals surface area contributed by atoms with Gasteiger partial charge in [-0.2, -0.15) is 0 Å². The highest BCUT2D eigenvalue weighted by atomic mass is 32.2. The molecule has 1 fully saturated rings. The average molecular weight is 429 g/mol. The number of hydrogen-bond acceptors (Lipinski definition) is 5. The summed E-state index contributed by atoms with van der Waals surface area (Å²) in [5.74, 6) is -0.322. The summed E-state index contributed by atoms with van der Waals surface area (Å²) in [6.45, 7) is 2.36. The largest absolute Gasteiger partial charge is 0.356 e. The van der Waals surface area contributed by atoms with Gasteiger partial charge in [-0.05, 0) is 43.2 Å². The van der Waals surface area contributed by atoms with Crippen molar-refractivity contribution in [3.8, 4) is 0 Å². The monoisotopic (exact) mass is 428 g/mol. The molecule has 0 radical (unpaired) electrons. The lowest BCUT2D eigenvalue weighted by Gasteiger charge is -2.32. The number of fused-ring (bicyclic) bond motifs is 3. The molecule has 2 aliphatic heterocycles. The average Bonchev–Trinajstić information content (AvgIpc) is 3.12. The summed E-state index contributed by atoms with van der Waals surface area (Å²) in [6.07, 6.45) is 0.538. The fraction of sp³-hybridized carbons (Fsp3) is 0.333. The molecule has 9 heteroatoms. The van der Waals surface area contributed by atoms with E-state index in [0.717, 1.165) is 16.9 Å². The van der Waals surface area contributed by atoms with Crippen LogP contribution in [-0.4, -0.2) is 45.4 Å². The van der Waals surface area contributed by atoms with Crippen LogP contribution in [0.4, 0.5) is 11.4 Å². The Bertz CT molecular complexity index is 1090. The van der Waals surface area contributed by atoms with Crippen molar-refractivity contribution in [1.82, 2.24) is 10.0 Å². The Morgan fingerprint density at radius 3 is 2.80 bits per heavy atom. The Balaban J connectivity index is 1.31. The lowest BCUT2D eigenvalue weighted by Crippen LogP contribution is -2.44. The number of para-hydroxylation sites is 2. The molecule has 2 aromatic rings. The molecule has 0 aromatic heterocycles. The normalized spacial score (nSPS) is 20.3. The predicted octanol–water partition coefficient (Wildman–Crippen LogP) is 1.38. The molecule has 0 aliphatic carbocycles. The molecule has 0 saturated carbocycles. The van der Waals surface area contributed by atoms with Crippen molar-refractivity contribution in [2.45, 2.75) is 36.7 Å². The molecule has 0 bridgehead atoms. The summed E-state index contributed by atoms with van der Waals surface area (Å²) >= 11 is 0. The van der Waals surface area contributed by atoms with Gasteiger partial charge in [-0.3, -0.25) is 9.59 Å². The van der Waals surface area contributed by atoms with Crippen LogP contribution in [0.5, 0.6) is 0 Å². The zero-order chi connectivity index (χ0) is 21.3. The van der Waals surface area contributed by atoms with Gasteiger partial charge in [0.25, 0.3) is 0 Å². The Hall–Kier alpha value is -2.91. The summed E-state index contributed by atoms with van der Waals surface area (Å²) in [4.78, 5) is 26.9. The van der Waals surface area contributed by atoms with Gasteiger partial charge in [-0.25, -0.2) is 13.1 Å². The van der Waals surface area contributed by atoms with Crippen LogP contribution in [0.2, 0.25) is 0 Å². The number of rotatable bonds is 6. The van der Waals surface area contributed by atoms with Gasteiger partial charge >= 0.3 is 0 Å². The molecule has 8 nitrogen and oxygen atoms in total. The van der Waals surface area contributed by atoms with Gasteiger partial charge in [0.15, 0.2) is 0 Å². The highest BCUT2D eigenvalue weighted by Crippen LogP contribution is 2.36. The number of carbonyl (C=O) groups is 2. The zero-order valence-corrected chi connectivity index (χ0v) is 17.4. The molecule has 1 saturated heterocycles. The van der Waals surface area contributed by atoms with Crippen LogP contribution in [0.3, 0.4) is 0 Å². The maximum Gasteiger partial charge on any atom is 0.247 e. The van der Waals surface area contributed by atoms with Gasteiger partial charge in [0, 0.05) is 25.6 Å². The summed E-state index contributed by atoms with van der Waals surface area (Å²) in [5.41, 5.74) is 2.57. The van der Waals surface area contributed by atoms with Crippen molar-refractivity contribution in [3.05, 3.63) is 54.1 Å². The molecule has 2 heterocycles. The first kappa shape index (κ1) is 20.4. The summed E-state index contributed by atoms with van der Waals surface area (Å²) < 4.78 is 27.1. The van der Waals surface area contributed by atoms with Gasteiger partial charge in [0.05, 0.1) is 16.3 Å². The Kier molecular flexibility index (Phi) is 5.48. The molecular formula is C21H24N4O4S. The third kappa shape index (κ3) is 4.17. The van der Waals surface area contributed by atoms with Gasteiger partial charge in [-0.15, -0.1) is 0 Å². The smallest absolute Gasteiger partial charge is 0.247 e. The lowest BCUT2D eigenvalue weighted by atomic mass is 10.1. The van der Waals surface area contributed by atoms with E-state index in [1.54, 1.807) is 12.1 Å². The Labute approximate surface area is 175 Å². The SMILES string of the molecule is Cc1cccc(S(=O)(=O)NCCC(=O)NC2CC3C(=O)Nc4ccccc4N3C2)c1. The number of aryl methyl sites for hydroxylation is 1. The minimum absolute atomic E-state index is 0.00525. The summed E-state index contributed by atoms with van der Waals surface area (Å²) in [7, 11) is -3.65. The predicted molar refractivity (Wildman–Crippen MR) is 114 cm³/mol. The Morgan fingerprint density at radius 2 is 2.00 bits per heavy atom. The van der Waals surface area contributed by atoms with Gasteiger partial charge in [0.2, 0.25) is 21.8 Å². The molecule has 30 heavy (non-hydrogen) atoms. The molecular weight excluding hydrogens is 404 g/mol. The first-order chi connectivity index (χ1) is 14.3. The van der Waals surface area contributed by atoms with E-state index in [-0.39, 0.29) is 41.8 Å². The highest BCUT2D eigenvalue weighted by molar-refractivity contribution is 7.89. The minimum atomic E-state index is -3.65. The summed E-state index contributed by atoms with van der Waals surface area (Å²) in [5, 5.41) is 5.83. The van der Waals surface area contributed by atoms with E-state index in [9.17, 15) is 18.0 Å². The second kappa shape index (κ2) is 8.08. The van der Waals surface area contributed by atoms with E-state index in [2.05, 4.69) is 15.4 Å². The number of benzene rings is 2. The van der Waals surface area contributed by atoms with E-state index >= 15 is 0 Å². The molecule has 4 rings (SSSR count). The topological polar surface area (TPSA) is 108 Å².